The lowest BCUT2D eigenvalue weighted by Crippen LogP contribution is -2.17. The lowest BCUT2D eigenvalue weighted by atomic mass is 10.1. The Kier molecular flexibility index (Phi) is 4.20. The van der Waals surface area contributed by atoms with Crippen LogP contribution in [0.2, 0.25) is 5.02 Å². The van der Waals surface area contributed by atoms with Crippen molar-refractivity contribution in [2.75, 3.05) is 0 Å². The van der Waals surface area contributed by atoms with Gasteiger partial charge < -0.3 is 9.15 Å². The number of ketones is 2. The average molecular weight is 332 g/mol. The van der Waals surface area contributed by atoms with E-state index < -0.39 is 11.6 Å². The van der Waals surface area contributed by atoms with Gasteiger partial charge in [0.2, 0.25) is 5.78 Å². The molecule has 7 nitrogen and oxygen atoms in total. The molecule has 23 heavy (non-hydrogen) atoms. The summed E-state index contributed by atoms with van der Waals surface area (Å²) in [6.07, 6.45) is 2.29. The molecule has 0 aliphatic heterocycles. The number of hydrogen-bond acceptors (Lipinski definition) is 6. The summed E-state index contributed by atoms with van der Waals surface area (Å²) in [6, 6.07) is 8.48. The fraction of sp³-hybridized carbons (Fsp3) is 0.0667. The zero-order valence-electron chi connectivity index (χ0n) is 11.7. The number of carbonyl (C=O) groups excluding carboxylic acids is 2. The van der Waals surface area contributed by atoms with Crippen LogP contribution < -0.4 is 4.74 Å². The minimum Gasteiger partial charge on any atom is -0.465 e. The molecule has 3 rings (SSSR count). The quantitative estimate of drug-likeness (QED) is 0.551. The molecule has 0 unspecified atom stereocenters. The zero-order valence-corrected chi connectivity index (χ0v) is 12.4. The number of carbonyl (C=O) groups is 2. The number of aromatic nitrogens is 3. The summed E-state index contributed by atoms with van der Waals surface area (Å²) >= 11 is 5.99. The molecule has 1 aromatic carbocycles. The molecule has 3 aromatic rings. The number of H-pyrrole nitrogens is 1. The maximum absolute atomic E-state index is 11.9. The minimum atomic E-state index is -0.757. The molecule has 0 atom stereocenters. The fourth-order valence-corrected chi connectivity index (χ4v) is 2.02. The van der Waals surface area contributed by atoms with Crippen LogP contribution >= 0.6 is 11.6 Å². The monoisotopic (exact) mass is 331 g/mol. The summed E-state index contributed by atoms with van der Waals surface area (Å²) in [5.41, 5.74) is 0. The largest absolute Gasteiger partial charge is 0.465 e. The van der Waals surface area contributed by atoms with Gasteiger partial charge in [0, 0.05) is 6.07 Å². The third-order valence-electron chi connectivity index (χ3n) is 2.91. The molecule has 2 heterocycles. The van der Waals surface area contributed by atoms with Crippen molar-refractivity contribution >= 4 is 23.2 Å². The summed E-state index contributed by atoms with van der Waals surface area (Å²) in [4.78, 5) is 27.3. The maximum atomic E-state index is 11.9. The number of nitrogens with one attached hydrogen (secondary N) is 1. The summed E-state index contributed by atoms with van der Waals surface area (Å²) in [7, 11) is 0. The van der Waals surface area contributed by atoms with Crippen molar-refractivity contribution in [1.29, 1.82) is 0 Å². The summed E-state index contributed by atoms with van der Waals surface area (Å²) in [5.74, 6) is -0.384. The number of furan rings is 1. The Hall–Kier alpha value is -2.93. The van der Waals surface area contributed by atoms with Gasteiger partial charge >= 0.3 is 0 Å². The standard InChI is InChI=1S/C15H10ClN3O4/c16-11-3-1-2-4-13(11)23-10-5-9(22-7-10)6-12(20)14(21)15-17-8-18-19-15/h1-5,7-8H,6H2,(H,17,18,19). The van der Waals surface area contributed by atoms with Gasteiger partial charge in [0.15, 0.2) is 11.6 Å². The van der Waals surface area contributed by atoms with Crippen molar-refractivity contribution in [2.45, 2.75) is 6.42 Å². The zero-order chi connectivity index (χ0) is 16.2. The van der Waals surface area contributed by atoms with Gasteiger partial charge in [-0.15, -0.1) is 0 Å². The predicted molar refractivity (Wildman–Crippen MR) is 79.7 cm³/mol. The van der Waals surface area contributed by atoms with Crippen LogP contribution in [-0.4, -0.2) is 26.7 Å². The summed E-state index contributed by atoms with van der Waals surface area (Å²) in [5, 5.41) is 6.32. The van der Waals surface area contributed by atoms with Crippen LogP contribution in [-0.2, 0) is 11.2 Å². The molecule has 0 saturated heterocycles. The Morgan fingerprint density at radius 2 is 2.13 bits per heavy atom. The van der Waals surface area contributed by atoms with E-state index in [1.807, 2.05) is 0 Å². The first-order valence-corrected chi connectivity index (χ1v) is 6.94. The molecule has 0 bridgehead atoms. The molecule has 8 heteroatoms. The molecule has 116 valence electrons. The van der Waals surface area contributed by atoms with Gasteiger partial charge in [0.1, 0.15) is 24.1 Å². The van der Waals surface area contributed by atoms with E-state index in [-0.39, 0.29) is 12.2 Å². The minimum absolute atomic E-state index is 0.103. The van der Waals surface area contributed by atoms with Gasteiger partial charge in [-0.1, -0.05) is 23.7 Å². The molecule has 0 saturated carbocycles. The molecular formula is C15H10ClN3O4. The first-order chi connectivity index (χ1) is 11.1. The van der Waals surface area contributed by atoms with Crippen LogP contribution in [0.3, 0.4) is 0 Å². The van der Waals surface area contributed by atoms with Crippen molar-refractivity contribution in [3.63, 3.8) is 0 Å². The normalized spacial score (nSPS) is 10.5. The predicted octanol–water partition coefficient (Wildman–Crippen LogP) is 2.84. The topological polar surface area (TPSA) is 98.1 Å². The second-order valence-corrected chi connectivity index (χ2v) is 4.95. The Bertz CT molecular complexity index is 842. The van der Waals surface area contributed by atoms with Crippen molar-refractivity contribution in [3.05, 3.63) is 59.5 Å². The van der Waals surface area contributed by atoms with E-state index in [0.29, 0.717) is 22.3 Å². The van der Waals surface area contributed by atoms with Crippen molar-refractivity contribution < 1.29 is 18.7 Å². The van der Waals surface area contributed by atoms with Gasteiger partial charge in [-0.2, -0.15) is 5.10 Å². The van der Waals surface area contributed by atoms with Crippen LogP contribution in [0.25, 0.3) is 0 Å². The lowest BCUT2D eigenvalue weighted by Gasteiger charge is -2.03. The summed E-state index contributed by atoms with van der Waals surface area (Å²) in [6.45, 7) is 0. The number of Topliss-reactive ketones (excluding diaryl/α,β-unsaturated/α-hetero) is 2. The molecule has 0 fully saturated rings. The number of para-hydroxylation sites is 1. The van der Waals surface area contributed by atoms with Crippen molar-refractivity contribution in [2.24, 2.45) is 0 Å². The molecule has 0 radical (unpaired) electrons. The van der Waals surface area contributed by atoms with Gasteiger partial charge in [-0.25, -0.2) is 4.98 Å². The van der Waals surface area contributed by atoms with E-state index in [9.17, 15) is 9.59 Å². The van der Waals surface area contributed by atoms with Crippen molar-refractivity contribution in [3.8, 4) is 11.5 Å². The highest BCUT2D eigenvalue weighted by Gasteiger charge is 2.21. The van der Waals surface area contributed by atoms with Gasteiger partial charge in [-0.05, 0) is 12.1 Å². The maximum Gasteiger partial charge on any atom is 0.265 e. The fourth-order valence-electron chi connectivity index (χ4n) is 1.85. The number of ether oxygens (including phenoxy) is 1. The van der Waals surface area contributed by atoms with Crippen LogP contribution in [0.1, 0.15) is 16.4 Å². The van der Waals surface area contributed by atoms with Gasteiger partial charge in [-0.3, -0.25) is 14.7 Å². The molecular weight excluding hydrogens is 322 g/mol. The van der Waals surface area contributed by atoms with Gasteiger partial charge in [0.05, 0.1) is 11.4 Å². The molecule has 2 aromatic heterocycles. The third-order valence-corrected chi connectivity index (χ3v) is 3.22. The second-order valence-electron chi connectivity index (χ2n) is 4.54. The van der Waals surface area contributed by atoms with E-state index in [4.69, 9.17) is 20.8 Å². The Morgan fingerprint density at radius 1 is 1.30 bits per heavy atom. The average Bonchev–Trinajstić information content (AvgIpc) is 3.21. The first kappa shape index (κ1) is 15.0. The molecule has 0 spiro atoms. The number of benzene rings is 1. The first-order valence-electron chi connectivity index (χ1n) is 6.56. The van der Waals surface area contributed by atoms with E-state index in [0.717, 1.165) is 6.33 Å². The van der Waals surface area contributed by atoms with Crippen molar-refractivity contribution in [1.82, 2.24) is 15.2 Å². The molecule has 0 aliphatic carbocycles. The molecule has 0 aliphatic rings. The highest BCUT2D eigenvalue weighted by molar-refractivity contribution is 6.43. The Balaban J connectivity index is 1.67. The number of hydrogen-bond donors (Lipinski definition) is 1. The molecule has 1 N–H and O–H groups in total. The van der Waals surface area contributed by atoms with Crippen LogP contribution in [0, 0.1) is 0 Å². The number of rotatable bonds is 6. The second kappa shape index (κ2) is 6.45. The van der Waals surface area contributed by atoms with E-state index in [1.165, 1.54) is 12.3 Å². The third kappa shape index (κ3) is 3.46. The number of halogens is 1. The number of aromatic amines is 1. The van der Waals surface area contributed by atoms with Crippen LogP contribution in [0.4, 0.5) is 0 Å². The molecule has 0 amide bonds. The van der Waals surface area contributed by atoms with E-state index >= 15 is 0 Å². The van der Waals surface area contributed by atoms with E-state index in [1.54, 1.807) is 24.3 Å². The Labute approximate surface area is 135 Å². The Morgan fingerprint density at radius 3 is 2.87 bits per heavy atom. The summed E-state index contributed by atoms with van der Waals surface area (Å²) < 4.78 is 10.8. The lowest BCUT2D eigenvalue weighted by molar-refractivity contribution is -0.114. The number of nitrogens with zero attached hydrogens (tertiary/aromatic N) is 2. The van der Waals surface area contributed by atoms with Crippen LogP contribution in [0.15, 0.2) is 47.3 Å². The SMILES string of the molecule is O=C(Cc1cc(Oc2ccccc2Cl)co1)C(=O)c1ncn[nH]1. The highest BCUT2D eigenvalue weighted by atomic mass is 35.5. The van der Waals surface area contributed by atoms with Crippen LogP contribution in [0.5, 0.6) is 11.5 Å². The van der Waals surface area contributed by atoms with Gasteiger partial charge in [0.25, 0.3) is 5.78 Å². The smallest absolute Gasteiger partial charge is 0.265 e. The highest BCUT2D eigenvalue weighted by Crippen LogP contribution is 2.30. The van der Waals surface area contributed by atoms with E-state index in [2.05, 4.69) is 15.2 Å².